The van der Waals surface area contributed by atoms with Crippen molar-refractivity contribution in [1.29, 1.82) is 0 Å². The Kier molecular flexibility index (Phi) is 7.30. The van der Waals surface area contributed by atoms with Gasteiger partial charge in [0.2, 0.25) is 5.91 Å². The Balaban J connectivity index is 1.86. The van der Waals surface area contributed by atoms with Gasteiger partial charge in [-0.05, 0) is 62.9 Å². The number of amides is 1. The van der Waals surface area contributed by atoms with Crippen LogP contribution in [0.5, 0.6) is 11.5 Å². The minimum absolute atomic E-state index is 0.0945. The summed E-state index contributed by atoms with van der Waals surface area (Å²) in [7, 11) is 3.48. The molecular weight excluding hydrogens is 352 g/mol. The highest BCUT2D eigenvalue weighted by molar-refractivity contribution is 6.30. The van der Waals surface area contributed by atoms with Crippen LogP contribution in [0.2, 0.25) is 5.02 Å². The molecule has 6 heteroatoms. The number of rotatable bonds is 8. The van der Waals surface area contributed by atoms with E-state index in [9.17, 15) is 4.79 Å². The van der Waals surface area contributed by atoms with Gasteiger partial charge in [0.25, 0.3) is 0 Å². The summed E-state index contributed by atoms with van der Waals surface area (Å²) < 4.78 is 11.0. The van der Waals surface area contributed by atoms with E-state index in [0.717, 1.165) is 11.3 Å². The first-order valence-electron chi connectivity index (χ1n) is 8.45. The van der Waals surface area contributed by atoms with Gasteiger partial charge in [-0.15, -0.1) is 0 Å². The Hall–Kier alpha value is -2.24. The molecule has 0 spiro atoms. The van der Waals surface area contributed by atoms with Crippen LogP contribution in [0.15, 0.2) is 42.5 Å². The molecule has 26 heavy (non-hydrogen) atoms. The molecule has 5 nitrogen and oxygen atoms in total. The quantitative estimate of drug-likeness (QED) is 0.756. The molecule has 0 aliphatic heterocycles. The van der Waals surface area contributed by atoms with Gasteiger partial charge in [-0.2, -0.15) is 0 Å². The van der Waals surface area contributed by atoms with Crippen molar-refractivity contribution in [2.75, 3.05) is 32.6 Å². The third kappa shape index (κ3) is 5.64. The fourth-order valence-corrected chi connectivity index (χ4v) is 2.51. The highest BCUT2D eigenvalue weighted by Gasteiger charge is 2.19. The zero-order valence-electron chi connectivity index (χ0n) is 15.6. The van der Waals surface area contributed by atoms with Crippen LogP contribution < -0.4 is 14.8 Å². The summed E-state index contributed by atoms with van der Waals surface area (Å²) in [4.78, 5) is 14.5. The lowest BCUT2D eigenvalue weighted by molar-refractivity contribution is -0.120. The van der Waals surface area contributed by atoms with Crippen LogP contribution in [-0.4, -0.2) is 44.2 Å². The van der Waals surface area contributed by atoms with Crippen molar-refractivity contribution >= 4 is 23.2 Å². The second-order valence-electron chi connectivity index (χ2n) is 6.15. The molecule has 2 rings (SSSR count). The molecular formula is C20H25ClN2O3. The van der Waals surface area contributed by atoms with Crippen LogP contribution in [0.3, 0.4) is 0 Å². The van der Waals surface area contributed by atoms with Crippen LogP contribution in [0, 0.1) is 6.92 Å². The van der Waals surface area contributed by atoms with Gasteiger partial charge in [0.05, 0.1) is 18.8 Å². The Bertz CT molecular complexity index is 734. The SMILES string of the molecule is COc1ccc(C)cc1NC(=O)C(C)N(C)CCOc1ccc(Cl)cc1. The van der Waals surface area contributed by atoms with Crippen molar-refractivity contribution in [2.24, 2.45) is 0 Å². The lowest BCUT2D eigenvalue weighted by Crippen LogP contribution is -2.41. The Morgan fingerprint density at radius 2 is 1.92 bits per heavy atom. The number of anilines is 1. The van der Waals surface area contributed by atoms with Gasteiger partial charge in [-0.3, -0.25) is 9.69 Å². The molecule has 1 unspecified atom stereocenters. The van der Waals surface area contributed by atoms with E-state index in [-0.39, 0.29) is 11.9 Å². The maximum atomic E-state index is 12.5. The van der Waals surface area contributed by atoms with Gasteiger partial charge in [0.1, 0.15) is 18.1 Å². The van der Waals surface area contributed by atoms with Crippen LogP contribution in [0.25, 0.3) is 0 Å². The van der Waals surface area contributed by atoms with Gasteiger partial charge in [0, 0.05) is 11.6 Å². The van der Waals surface area contributed by atoms with E-state index in [1.807, 2.05) is 56.1 Å². The molecule has 0 aromatic heterocycles. The zero-order valence-corrected chi connectivity index (χ0v) is 16.3. The summed E-state index contributed by atoms with van der Waals surface area (Å²) in [6, 6.07) is 12.6. The number of nitrogens with one attached hydrogen (secondary N) is 1. The number of nitrogens with zero attached hydrogens (tertiary/aromatic N) is 1. The smallest absolute Gasteiger partial charge is 0.241 e. The van der Waals surface area contributed by atoms with Gasteiger partial charge in [-0.1, -0.05) is 17.7 Å². The average Bonchev–Trinajstić information content (AvgIpc) is 2.62. The minimum Gasteiger partial charge on any atom is -0.495 e. The Morgan fingerprint density at radius 3 is 2.58 bits per heavy atom. The van der Waals surface area contributed by atoms with Crippen LogP contribution in [-0.2, 0) is 4.79 Å². The molecule has 0 fully saturated rings. The van der Waals surface area contributed by atoms with Crippen molar-refractivity contribution < 1.29 is 14.3 Å². The number of aryl methyl sites for hydroxylation is 1. The van der Waals surface area contributed by atoms with Crippen molar-refractivity contribution in [3.05, 3.63) is 53.1 Å². The van der Waals surface area contributed by atoms with Crippen molar-refractivity contribution in [2.45, 2.75) is 19.9 Å². The molecule has 0 aliphatic rings. The van der Waals surface area contributed by atoms with Crippen molar-refractivity contribution in [1.82, 2.24) is 4.90 Å². The molecule has 0 bridgehead atoms. The molecule has 1 amide bonds. The van der Waals surface area contributed by atoms with E-state index in [2.05, 4.69) is 5.32 Å². The summed E-state index contributed by atoms with van der Waals surface area (Å²) in [5.74, 6) is 1.30. The number of carbonyl (C=O) groups is 1. The molecule has 2 aromatic rings. The van der Waals surface area contributed by atoms with E-state index in [0.29, 0.717) is 29.6 Å². The molecule has 0 radical (unpaired) electrons. The number of carbonyl (C=O) groups excluding carboxylic acids is 1. The number of methoxy groups -OCH3 is 1. The van der Waals surface area contributed by atoms with E-state index in [1.165, 1.54) is 0 Å². The summed E-state index contributed by atoms with van der Waals surface area (Å²) in [5, 5.41) is 3.61. The van der Waals surface area contributed by atoms with E-state index >= 15 is 0 Å². The summed E-state index contributed by atoms with van der Waals surface area (Å²) in [6.07, 6.45) is 0. The standard InChI is InChI=1S/C20H25ClN2O3/c1-14-5-10-19(25-4)18(13-14)22-20(24)15(2)23(3)11-12-26-17-8-6-16(21)7-9-17/h5-10,13,15H,11-12H2,1-4H3,(H,22,24). The predicted molar refractivity (Wildman–Crippen MR) is 105 cm³/mol. The molecule has 1 atom stereocenters. The average molecular weight is 377 g/mol. The lowest BCUT2D eigenvalue weighted by atomic mass is 10.2. The van der Waals surface area contributed by atoms with Gasteiger partial charge in [0.15, 0.2) is 0 Å². The molecule has 2 aromatic carbocycles. The first-order chi connectivity index (χ1) is 12.4. The first-order valence-corrected chi connectivity index (χ1v) is 8.82. The summed E-state index contributed by atoms with van der Waals surface area (Å²) in [6.45, 7) is 4.92. The number of hydrogen-bond donors (Lipinski definition) is 1. The number of likely N-dealkylation sites (N-methyl/N-ethyl adjacent to an activating group) is 1. The topological polar surface area (TPSA) is 50.8 Å². The Morgan fingerprint density at radius 1 is 1.23 bits per heavy atom. The van der Waals surface area contributed by atoms with E-state index < -0.39 is 0 Å². The van der Waals surface area contributed by atoms with Gasteiger partial charge in [-0.25, -0.2) is 0 Å². The van der Waals surface area contributed by atoms with Crippen LogP contribution in [0.4, 0.5) is 5.69 Å². The molecule has 0 saturated carbocycles. The van der Waals surface area contributed by atoms with Crippen LogP contribution in [0.1, 0.15) is 12.5 Å². The second kappa shape index (κ2) is 9.46. The Labute approximate surface area is 159 Å². The number of ether oxygens (including phenoxy) is 2. The third-order valence-electron chi connectivity index (χ3n) is 4.18. The predicted octanol–water partition coefficient (Wildman–Crippen LogP) is 3.99. The molecule has 140 valence electrons. The monoisotopic (exact) mass is 376 g/mol. The lowest BCUT2D eigenvalue weighted by Gasteiger charge is -2.24. The highest BCUT2D eigenvalue weighted by atomic mass is 35.5. The summed E-state index contributed by atoms with van der Waals surface area (Å²) >= 11 is 5.85. The minimum atomic E-state index is -0.311. The maximum absolute atomic E-state index is 12.5. The summed E-state index contributed by atoms with van der Waals surface area (Å²) in [5.41, 5.74) is 1.73. The molecule has 0 saturated heterocycles. The number of halogens is 1. The zero-order chi connectivity index (χ0) is 19.1. The van der Waals surface area contributed by atoms with E-state index in [1.54, 1.807) is 19.2 Å². The molecule has 1 N–H and O–H groups in total. The number of hydrogen-bond acceptors (Lipinski definition) is 4. The third-order valence-corrected chi connectivity index (χ3v) is 4.43. The molecule has 0 aliphatic carbocycles. The maximum Gasteiger partial charge on any atom is 0.241 e. The van der Waals surface area contributed by atoms with Gasteiger partial charge >= 0.3 is 0 Å². The number of benzene rings is 2. The van der Waals surface area contributed by atoms with Crippen LogP contribution >= 0.6 is 11.6 Å². The normalized spacial score (nSPS) is 11.9. The molecule has 0 heterocycles. The van der Waals surface area contributed by atoms with Crippen molar-refractivity contribution in [3.63, 3.8) is 0 Å². The highest BCUT2D eigenvalue weighted by Crippen LogP contribution is 2.25. The van der Waals surface area contributed by atoms with E-state index in [4.69, 9.17) is 21.1 Å². The van der Waals surface area contributed by atoms with Gasteiger partial charge < -0.3 is 14.8 Å². The fourth-order valence-electron chi connectivity index (χ4n) is 2.39. The second-order valence-corrected chi connectivity index (χ2v) is 6.59. The fraction of sp³-hybridized carbons (Fsp3) is 0.350. The first kappa shape index (κ1) is 20.1. The largest absolute Gasteiger partial charge is 0.495 e. The van der Waals surface area contributed by atoms with Crippen molar-refractivity contribution in [3.8, 4) is 11.5 Å².